The van der Waals surface area contributed by atoms with Gasteiger partial charge in [-0.25, -0.2) is 4.79 Å². The number of methoxy groups -OCH3 is 1. The lowest BCUT2D eigenvalue weighted by atomic mass is 10.2. The second-order valence-electron chi connectivity index (χ2n) is 5.51. The molecule has 25 heavy (non-hydrogen) atoms. The van der Waals surface area contributed by atoms with E-state index in [2.05, 4.69) is 5.32 Å². The van der Waals surface area contributed by atoms with Gasteiger partial charge in [0, 0.05) is 5.56 Å². The molecule has 132 valence electrons. The number of rotatable bonds is 7. The van der Waals surface area contributed by atoms with Crippen LogP contribution in [-0.2, 0) is 9.53 Å². The van der Waals surface area contributed by atoms with E-state index in [0.717, 1.165) is 0 Å². The standard InChI is InChI=1S/C19H21NO5/c1-13(2)25-18(21)12-24-15-10-8-14(9-11-15)19(22)20-16-6-4-5-7-17(16)23-3/h4-11,13H,12H2,1-3H3,(H,20,22). The fourth-order valence-electron chi connectivity index (χ4n) is 2.08. The Morgan fingerprint density at radius 2 is 1.72 bits per heavy atom. The lowest BCUT2D eigenvalue weighted by molar-refractivity contribution is -0.149. The summed E-state index contributed by atoms with van der Waals surface area (Å²) in [6, 6.07) is 13.6. The lowest BCUT2D eigenvalue weighted by Crippen LogP contribution is -2.18. The van der Waals surface area contributed by atoms with E-state index in [1.54, 1.807) is 57.4 Å². The minimum absolute atomic E-state index is 0.176. The van der Waals surface area contributed by atoms with Gasteiger partial charge in [0.05, 0.1) is 18.9 Å². The van der Waals surface area contributed by atoms with Gasteiger partial charge in [-0.05, 0) is 50.2 Å². The molecule has 0 heterocycles. The number of nitrogens with one attached hydrogen (secondary N) is 1. The maximum Gasteiger partial charge on any atom is 0.344 e. The smallest absolute Gasteiger partial charge is 0.344 e. The molecule has 0 bridgehead atoms. The van der Waals surface area contributed by atoms with Gasteiger partial charge in [-0.2, -0.15) is 0 Å². The van der Waals surface area contributed by atoms with Crippen LogP contribution in [0.1, 0.15) is 24.2 Å². The van der Waals surface area contributed by atoms with E-state index >= 15 is 0 Å². The number of carbonyl (C=O) groups is 2. The van der Waals surface area contributed by atoms with Gasteiger partial charge in [0.2, 0.25) is 0 Å². The highest BCUT2D eigenvalue weighted by atomic mass is 16.6. The van der Waals surface area contributed by atoms with Crippen molar-refractivity contribution in [1.82, 2.24) is 0 Å². The minimum Gasteiger partial charge on any atom is -0.495 e. The molecule has 0 saturated heterocycles. The summed E-state index contributed by atoms with van der Waals surface area (Å²) in [7, 11) is 1.54. The SMILES string of the molecule is COc1ccccc1NC(=O)c1ccc(OCC(=O)OC(C)C)cc1. The van der Waals surface area contributed by atoms with Crippen LogP contribution >= 0.6 is 0 Å². The number of benzene rings is 2. The maximum absolute atomic E-state index is 12.3. The fourth-order valence-corrected chi connectivity index (χ4v) is 2.08. The Hall–Kier alpha value is -3.02. The third kappa shape index (κ3) is 5.53. The van der Waals surface area contributed by atoms with E-state index < -0.39 is 5.97 Å². The molecule has 0 aliphatic carbocycles. The summed E-state index contributed by atoms with van der Waals surface area (Å²) in [4.78, 5) is 23.7. The van der Waals surface area contributed by atoms with Gasteiger partial charge >= 0.3 is 5.97 Å². The Balaban J connectivity index is 1.95. The number of hydrogen-bond donors (Lipinski definition) is 1. The zero-order valence-corrected chi connectivity index (χ0v) is 14.4. The topological polar surface area (TPSA) is 73.9 Å². The largest absolute Gasteiger partial charge is 0.495 e. The van der Waals surface area contributed by atoms with Gasteiger partial charge in [0.25, 0.3) is 5.91 Å². The van der Waals surface area contributed by atoms with Crippen molar-refractivity contribution in [1.29, 1.82) is 0 Å². The first-order chi connectivity index (χ1) is 12.0. The van der Waals surface area contributed by atoms with E-state index in [9.17, 15) is 9.59 Å². The molecule has 2 aromatic rings. The fraction of sp³-hybridized carbons (Fsp3) is 0.263. The van der Waals surface area contributed by atoms with E-state index in [1.807, 2.05) is 12.1 Å². The van der Waals surface area contributed by atoms with E-state index in [4.69, 9.17) is 14.2 Å². The average Bonchev–Trinajstić information content (AvgIpc) is 2.60. The van der Waals surface area contributed by atoms with Crippen LogP contribution in [0.2, 0.25) is 0 Å². The molecule has 0 atom stereocenters. The quantitative estimate of drug-likeness (QED) is 0.781. The third-order valence-electron chi connectivity index (χ3n) is 3.20. The number of ether oxygens (including phenoxy) is 3. The van der Waals surface area contributed by atoms with Gasteiger partial charge in [-0.3, -0.25) is 4.79 Å². The Bertz CT molecular complexity index is 725. The Labute approximate surface area is 146 Å². The van der Waals surface area contributed by atoms with Crippen LogP contribution in [0.5, 0.6) is 11.5 Å². The number of carbonyl (C=O) groups excluding carboxylic acids is 2. The average molecular weight is 343 g/mol. The molecule has 0 aliphatic heterocycles. The zero-order chi connectivity index (χ0) is 18.2. The molecule has 0 aromatic heterocycles. The minimum atomic E-state index is -0.437. The third-order valence-corrected chi connectivity index (χ3v) is 3.20. The Morgan fingerprint density at radius 1 is 1.04 bits per heavy atom. The van der Waals surface area contributed by atoms with E-state index in [-0.39, 0.29) is 18.6 Å². The maximum atomic E-state index is 12.3. The summed E-state index contributed by atoms with van der Waals surface area (Å²) >= 11 is 0. The summed E-state index contributed by atoms with van der Waals surface area (Å²) in [6.45, 7) is 3.37. The van der Waals surface area contributed by atoms with Crippen LogP contribution in [0.25, 0.3) is 0 Å². The highest BCUT2D eigenvalue weighted by molar-refractivity contribution is 6.05. The van der Waals surface area contributed by atoms with Crippen LogP contribution in [0.15, 0.2) is 48.5 Å². The first kappa shape index (κ1) is 18.3. The first-order valence-corrected chi connectivity index (χ1v) is 7.86. The highest BCUT2D eigenvalue weighted by Gasteiger charge is 2.10. The summed E-state index contributed by atoms with van der Waals surface area (Å²) in [5.74, 6) is 0.359. The van der Waals surface area contributed by atoms with Gasteiger partial charge in [0.1, 0.15) is 11.5 Å². The van der Waals surface area contributed by atoms with Crippen molar-refractivity contribution in [2.45, 2.75) is 20.0 Å². The molecule has 2 rings (SSSR count). The van der Waals surface area contributed by atoms with Gasteiger partial charge in [-0.1, -0.05) is 12.1 Å². The van der Waals surface area contributed by atoms with E-state index in [0.29, 0.717) is 22.7 Å². The first-order valence-electron chi connectivity index (χ1n) is 7.86. The normalized spacial score (nSPS) is 10.2. The van der Waals surface area contributed by atoms with Crippen molar-refractivity contribution in [3.8, 4) is 11.5 Å². The Morgan fingerprint density at radius 3 is 2.36 bits per heavy atom. The molecular weight excluding hydrogens is 322 g/mol. The molecular formula is C19H21NO5. The number of esters is 1. The zero-order valence-electron chi connectivity index (χ0n) is 14.4. The molecule has 6 heteroatoms. The predicted molar refractivity (Wildman–Crippen MR) is 94.1 cm³/mol. The number of amides is 1. The predicted octanol–water partition coefficient (Wildman–Crippen LogP) is 3.28. The molecule has 0 aliphatic rings. The number of anilines is 1. The molecule has 0 unspecified atom stereocenters. The summed E-state index contributed by atoms with van der Waals surface area (Å²) in [6.07, 6.45) is -0.183. The highest BCUT2D eigenvalue weighted by Crippen LogP contribution is 2.24. The second-order valence-corrected chi connectivity index (χ2v) is 5.51. The van der Waals surface area contributed by atoms with Crippen molar-refractivity contribution in [3.63, 3.8) is 0 Å². The Kier molecular flexibility index (Phi) is 6.39. The summed E-state index contributed by atoms with van der Waals surface area (Å²) in [5.41, 5.74) is 1.05. The molecule has 2 aromatic carbocycles. The van der Waals surface area contributed by atoms with Crippen molar-refractivity contribution in [3.05, 3.63) is 54.1 Å². The van der Waals surface area contributed by atoms with Crippen molar-refractivity contribution in [2.75, 3.05) is 19.0 Å². The summed E-state index contributed by atoms with van der Waals surface area (Å²) < 4.78 is 15.5. The monoisotopic (exact) mass is 343 g/mol. The lowest BCUT2D eigenvalue weighted by Gasteiger charge is -2.11. The molecule has 1 amide bonds. The van der Waals surface area contributed by atoms with Crippen molar-refractivity contribution in [2.24, 2.45) is 0 Å². The molecule has 6 nitrogen and oxygen atoms in total. The van der Waals surface area contributed by atoms with Gasteiger partial charge in [-0.15, -0.1) is 0 Å². The molecule has 0 saturated carbocycles. The molecule has 0 fully saturated rings. The van der Waals surface area contributed by atoms with Gasteiger partial charge < -0.3 is 19.5 Å². The number of para-hydroxylation sites is 2. The van der Waals surface area contributed by atoms with Crippen LogP contribution in [0, 0.1) is 0 Å². The van der Waals surface area contributed by atoms with Crippen molar-refractivity contribution >= 4 is 17.6 Å². The van der Waals surface area contributed by atoms with Crippen LogP contribution in [-0.4, -0.2) is 31.7 Å². The molecule has 1 N–H and O–H groups in total. The second kappa shape index (κ2) is 8.73. The van der Waals surface area contributed by atoms with Crippen LogP contribution in [0.3, 0.4) is 0 Å². The molecule has 0 radical (unpaired) electrons. The van der Waals surface area contributed by atoms with Crippen LogP contribution in [0.4, 0.5) is 5.69 Å². The number of hydrogen-bond acceptors (Lipinski definition) is 5. The van der Waals surface area contributed by atoms with Crippen molar-refractivity contribution < 1.29 is 23.8 Å². The van der Waals surface area contributed by atoms with Crippen LogP contribution < -0.4 is 14.8 Å². The molecule has 0 spiro atoms. The van der Waals surface area contributed by atoms with Gasteiger partial charge in [0.15, 0.2) is 6.61 Å². The summed E-state index contributed by atoms with van der Waals surface area (Å²) in [5, 5.41) is 2.79. The van der Waals surface area contributed by atoms with E-state index in [1.165, 1.54) is 0 Å².